The molecule has 0 aliphatic rings. The lowest BCUT2D eigenvalue weighted by molar-refractivity contribution is 0.456. The van der Waals surface area contributed by atoms with Gasteiger partial charge < -0.3 is 22.5 Å². The van der Waals surface area contributed by atoms with Gasteiger partial charge in [0.2, 0.25) is 0 Å². The van der Waals surface area contributed by atoms with Crippen molar-refractivity contribution in [3.63, 3.8) is 0 Å². The van der Waals surface area contributed by atoms with E-state index in [-0.39, 0.29) is 6.17 Å². The van der Waals surface area contributed by atoms with Gasteiger partial charge >= 0.3 is 0 Å². The topological polar surface area (TPSA) is 90.1 Å². The molecule has 0 aromatic carbocycles. The summed E-state index contributed by atoms with van der Waals surface area (Å²) in [5.74, 6) is 0. The van der Waals surface area contributed by atoms with Crippen molar-refractivity contribution in [2.75, 3.05) is 19.6 Å². The molecule has 104 valence electrons. The maximum absolute atomic E-state index is 5.96. The molecule has 0 aliphatic heterocycles. The fraction of sp³-hybridized carbons (Fsp3) is 1.00. The first-order chi connectivity index (χ1) is 8.31. The van der Waals surface area contributed by atoms with Crippen LogP contribution in [0, 0.1) is 0 Å². The molecule has 0 saturated heterocycles. The van der Waals surface area contributed by atoms with Gasteiger partial charge in [-0.25, -0.2) is 0 Å². The first kappa shape index (κ1) is 16.8. The van der Waals surface area contributed by atoms with E-state index in [0.717, 1.165) is 38.9 Å². The van der Waals surface area contributed by atoms with Crippen LogP contribution in [0.15, 0.2) is 0 Å². The summed E-state index contributed by atoms with van der Waals surface area (Å²) in [5.41, 5.74) is 16.8. The van der Waals surface area contributed by atoms with Gasteiger partial charge in [0.05, 0.1) is 6.17 Å². The Hall–Kier alpha value is -0.160. The fourth-order valence-corrected chi connectivity index (χ4v) is 1.87. The zero-order valence-corrected chi connectivity index (χ0v) is 11.3. The summed E-state index contributed by atoms with van der Waals surface area (Å²) in [6.45, 7) is 2.66. The molecule has 0 saturated carbocycles. The van der Waals surface area contributed by atoms with Crippen molar-refractivity contribution in [1.29, 1.82) is 0 Å². The van der Waals surface area contributed by atoms with Crippen molar-refractivity contribution in [2.24, 2.45) is 17.2 Å². The Morgan fingerprint density at radius 1 is 0.706 bits per heavy atom. The normalized spacial score (nSPS) is 12.9. The second-order valence-electron chi connectivity index (χ2n) is 4.76. The summed E-state index contributed by atoms with van der Waals surface area (Å²) in [6, 6.07) is 0. The van der Waals surface area contributed by atoms with E-state index in [1.165, 1.54) is 38.5 Å². The van der Waals surface area contributed by atoms with Crippen molar-refractivity contribution in [2.45, 2.75) is 64.0 Å². The maximum Gasteiger partial charge on any atom is 0.0546 e. The maximum atomic E-state index is 5.96. The molecule has 17 heavy (non-hydrogen) atoms. The standard InChI is InChI=1S/C13H32N4/c14-10-6-2-1-3-8-12-17-13(16)9-5-4-7-11-15/h13,17H,1-12,14-16H2. The van der Waals surface area contributed by atoms with Crippen molar-refractivity contribution >= 4 is 0 Å². The molecule has 1 atom stereocenters. The summed E-state index contributed by atoms with van der Waals surface area (Å²) in [4.78, 5) is 0. The van der Waals surface area contributed by atoms with Crippen molar-refractivity contribution < 1.29 is 0 Å². The number of hydrogen-bond donors (Lipinski definition) is 4. The molecule has 0 aromatic rings. The highest BCUT2D eigenvalue weighted by molar-refractivity contribution is 4.59. The van der Waals surface area contributed by atoms with Crippen LogP contribution in [0.4, 0.5) is 0 Å². The van der Waals surface area contributed by atoms with Crippen LogP contribution in [0.2, 0.25) is 0 Å². The SMILES string of the molecule is NCCCCCCCNC(N)CCCCCN. The molecule has 4 heteroatoms. The molecule has 1 unspecified atom stereocenters. The van der Waals surface area contributed by atoms with E-state index in [0.29, 0.717) is 0 Å². The largest absolute Gasteiger partial charge is 0.330 e. The van der Waals surface area contributed by atoms with E-state index in [4.69, 9.17) is 17.2 Å². The van der Waals surface area contributed by atoms with Crippen LogP contribution in [0.3, 0.4) is 0 Å². The average Bonchev–Trinajstić information content (AvgIpc) is 2.33. The molecule has 4 nitrogen and oxygen atoms in total. The summed E-state index contributed by atoms with van der Waals surface area (Å²) in [5, 5.41) is 3.37. The predicted molar refractivity (Wildman–Crippen MR) is 75.6 cm³/mol. The Balaban J connectivity index is 3.08. The lowest BCUT2D eigenvalue weighted by atomic mass is 10.1. The summed E-state index contributed by atoms with van der Waals surface area (Å²) in [6.07, 6.45) is 11.0. The third-order valence-electron chi connectivity index (χ3n) is 3.01. The molecular formula is C13H32N4. The first-order valence-corrected chi connectivity index (χ1v) is 7.20. The summed E-state index contributed by atoms with van der Waals surface area (Å²) in [7, 11) is 0. The van der Waals surface area contributed by atoms with Gasteiger partial charge in [-0.05, 0) is 45.3 Å². The summed E-state index contributed by atoms with van der Waals surface area (Å²) < 4.78 is 0. The zero-order valence-electron chi connectivity index (χ0n) is 11.3. The lowest BCUT2D eigenvalue weighted by Crippen LogP contribution is -2.37. The van der Waals surface area contributed by atoms with E-state index in [2.05, 4.69) is 5.32 Å². The van der Waals surface area contributed by atoms with Crippen LogP contribution >= 0.6 is 0 Å². The number of rotatable bonds is 13. The Kier molecular flexibility index (Phi) is 13.8. The van der Waals surface area contributed by atoms with Crippen LogP contribution in [-0.2, 0) is 0 Å². The van der Waals surface area contributed by atoms with Gasteiger partial charge in [0, 0.05) is 0 Å². The fourth-order valence-electron chi connectivity index (χ4n) is 1.87. The Morgan fingerprint density at radius 3 is 1.88 bits per heavy atom. The van der Waals surface area contributed by atoms with Crippen molar-refractivity contribution in [1.82, 2.24) is 5.32 Å². The predicted octanol–water partition coefficient (Wildman–Crippen LogP) is 1.29. The Labute approximate surface area is 107 Å². The van der Waals surface area contributed by atoms with E-state index in [1.54, 1.807) is 0 Å². The van der Waals surface area contributed by atoms with Gasteiger partial charge in [0.25, 0.3) is 0 Å². The molecule has 0 aromatic heterocycles. The zero-order chi connectivity index (χ0) is 12.8. The number of nitrogens with two attached hydrogens (primary N) is 3. The Bertz CT molecular complexity index is 141. The number of unbranched alkanes of at least 4 members (excludes halogenated alkanes) is 6. The molecule has 0 aliphatic carbocycles. The van der Waals surface area contributed by atoms with E-state index in [9.17, 15) is 0 Å². The van der Waals surface area contributed by atoms with Gasteiger partial charge in [-0.15, -0.1) is 0 Å². The molecule has 0 radical (unpaired) electrons. The molecule has 7 N–H and O–H groups in total. The van der Waals surface area contributed by atoms with Gasteiger partial charge in [0.15, 0.2) is 0 Å². The van der Waals surface area contributed by atoms with Crippen LogP contribution in [0.25, 0.3) is 0 Å². The van der Waals surface area contributed by atoms with Gasteiger partial charge in [0.1, 0.15) is 0 Å². The first-order valence-electron chi connectivity index (χ1n) is 7.20. The second kappa shape index (κ2) is 13.9. The smallest absolute Gasteiger partial charge is 0.0546 e. The van der Waals surface area contributed by atoms with E-state index < -0.39 is 0 Å². The highest BCUT2D eigenvalue weighted by Crippen LogP contribution is 2.02. The monoisotopic (exact) mass is 244 g/mol. The minimum atomic E-state index is 0.164. The molecular weight excluding hydrogens is 212 g/mol. The van der Waals surface area contributed by atoms with Gasteiger partial charge in [-0.1, -0.05) is 32.1 Å². The minimum absolute atomic E-state index is 0.164. The van der Waals surface area contributed by atoms with Crippen LogP contribution in [0.5, 0.6) is 0 Å². The molecule has 0 spiro atoms. The van der Waals surface area contributed by atoms with Gasteiger partial charge in [-0.3, -0.25) is 0 Å². The lowest BCUT2D eigenvalue weighted by Gasteiger charge is -2.13. The highest BCUT2D eigenvalue weighted by atomic mass is 15.0. The third kappa shape index (κ3) is 13.8. The van der Waals surface area contributed by atoms with Crippen molar-refractivity contribution in [3.05, 3.63) is 0 Å². The molecule has 0 fully saturated rings. The molecule has 0 heterocycles. The molecule has 0 rings (SSSR count). The molecule has 0 amide bonds. The molecule has 0 bridgehead atoms. The second-order valence-corrected chi connectivity index (χ2v) is 4.76. The van der Waals surface area contributed by atoms with Crippen LogP contribution < -0.4 is 22.5 Å². The number of hydrogen-bond acceptors (Lipinski definition) is 4. The minimum Gasteiger partial charge on any atom is -0.330 e. The highest BCUT2D eigenvalue weighted by Gasteiger charge is 2.00. The van der Waals surface area contributed by atoms with Crippen LogP contribution in [-0.4, -0.2) is 25.8 Å². The summed E-state index contributed by atoms with van der Waals surface area (Å²) >= 11 is 0. The van der Waals surface area contributed by atoms with Gasteiger partial charge in [-0.2, -0.15) is 0 Å². The Morgan fingerprint density at radius 2 is 1.24 bits per heavy atom. The van der Waals surface area contributed by atoms with Crippen molar-refractivity contribution in [3.8, 4) is 0 Å². The van der Waals surface area contributed by atoms with Crippen LogP contribution in [0.1, 0.15) is 57.8 Å². The van der Waals surface area contributed by atoms with E-state index >= 15 is 0 Å². The van der Waals surface area contributed by atoms with E-state index in [1.807, 2.05) is 0 Å². The number of nitrogens with one attached hydrogen (secondary N) is 1. The average molecular weight is 244 g/mol. The quantitative estimate of drug-likeness (QED) is 0.290. The third-order valence-corrected chi connectivity index (χ3v) is 3.01.